The maximum Gasteiger partial charge on any atom is 0.236 e. The smallest absolute Gasteiger partial charge is 0.236 e. The molecule has 0 saturated carbocycles. The van der Waals surface area contributed by atoms with Gasteiger partial charge in [-0.2, -0.15) is 0 Å². The Kier molecular flexibility index (Phi) is 7.61. The molecule has 1 amide bonds. The van der Waals surface area contributed by atoms with E-state index in [-0.39, 0.29) is 5.91 Å². The number of rotatable bonds is 9. The van der Waals surface area contributed by atoms with Gasteiger partial charge in [0.2, 0.25) is 5.91 Å². The Morgan fingerprint density at radius 2 is 1.81 bits per heavy atom. The number of hydrogen-bond acceptors (Lipinski definition) is 4. The zero-order chi connectivity index (χ0) is 15.7. The number of likely N-dealkylation sites (N-methyl/N-ethyl adjacent to an activating group) is 2. The van der Waals surface area contributed by atoms with Crippen molar-refractivity contribution in [2.75, 3.05) is 45.6 Å². The summed E-state index contributed by atoms with van der Waals surface area (Å²) in [7, 11) is 1.96. The molecule has 5 nitrogen and oxygen atoms in total. The summed E-state index contributed by atoms with van der Waals surface area (Å²) in [5.74, 6) is 1.01. The van der Waals surface area contributed by atoms with Gasteiger partial charge >= 0.3 is 0 Å². The summed E-state index contributed by atoms with van der Waals surface area (Å²) >= 11 is 0. The summed E-state index contributed by atoms with van der Waals surface area (Å²) in [5.41, 5.74) is 6.35. The lowest BCUT2D eigenvalue weighted by atomic mass is 10.3. The van der Waals surface area contributed by atoms with E-state index in [9.17, 15) is 4.79 Å². The van der Waals surface area contributed by atoms with Gasteiger partial charge in [0.25, 0.3) is 0 Å². The van der Waals surface area contributed by atoms with Crippen LogP contribution in [0.2, 0.25) is 0 Å². The zero-order valence-corrected chi connectivity index (χ0v) is 13.3. The highest BCUT2D eigenvalue weighted by atomic mass is 16.5. The molecule has 0 aliphatic carbocycles. The Balaban J connectivity index is 2.20. The van der Waals surface area contributed by atoms with E-state index in [2.05, 4.69) is 0 Å². The largest absolute Gasteiger partial charge is 0.494 e. The molecule has 0 fully saturated rings. The van der Waals surface area contributed by atoms with Gasteiger partial charge in [-0.05, 0) is 51.6 Å². The first-order chi connectivity index (χ1) is 10.1. The highest BCUT2D eigenvalue weighted by Gasteiger charge is 2.11. The van der Waals surface area contributed by atoms with Crippen LogP contribution in [0.1, 0.15) is 20.3 Å². The Morgan fingerprint density at radius 3 is 2.38 bits per heavy atom. The highest BCUT2D eigenvalue weighted by Crippen LogP contribution is 2.13. The number of nitrogens with two attached hydrogens (primary N) is 1. The van der Waals surface area contributed by atoms with Crippen LogP contribution >= 0.6 is 0 Å². The molecule has 0 aromatic heterocycles. The van der Waals surface area contributed by atoms with Gasteiger partial charge in [0.05, 0.1) is 13.2 Å². The third-order valence-electron chi connectivity index (χ3n) is 3.35. The second-order valence-electron chi connectivity index (χ2n) is 5.07. The van der Waals surface area contributed by atoms with E-state index < -0.39 is 0 Å². The molecule has 0 aliphatic rings. The highest BCUT2D eigenvalue weighted by molar-refractivity contribution is 5.78. The van der Waals surface area contributed by atoms with Crippen LogP contribution in [0.25, 0.3) is 0 Å². The first-order valence-corrected chi connectivity index (χ1v) is 7.51. The average Bonchev–Trinajstić information content (AvgIpc) is 2.46. The molecule has 0 saturated heterocycles. The fourth-order valence-electron chi connectivity index (χ4n) is 2.07. The monoisotopic (exact) mass is 293 g/mol. The summed E-state index contributed by atoms with van der Waals surface area (Å²) in [5, 5.41) is 0. The molecule has 0 radical (unpaired) electrons. The number of carbonyl (C=O) groups is 1. The molecule has 0 bridgehead atoms. The number of nitrogens with zero attached hydrogens (tertiary/aromatic N) is 2. The Morgan fingerprint density at radius 1 is 1.19 bits per heavy atom. The molecular weight excluding hydrogens is 266 g/mol. The fraction of sp³-hybridized carbons (Fsp3) is 0.562. The molecule has 5 heteroatoms. The second kappa shape index (κ2) is 9.23. The van der Waals surface area contributed by atoms with Gasteiger partial charge in [0.15, 0.2) is 0 Å². The van der Waals surface area contributed by atoms with Gasteiger partial charge in [0.1, 0.15) is 5.75 Å². The number of amides is 1. The van der Waals surface area contributed by atoms with Gasteiger partial charge in [-0.15, -0.1) is 0 Å². The first kappa shape index (κ1) is 17.3. The number of ether oxygens (including phenoxy) is 1. The zero-order valence-electron chi connectivity index (χ0n) is 13.3. The average molecular weight is 293 g/mol. The van der Waals surface area contributed by atoms with Crippen LogP contribution in [0.5, 0.6) is 5.75 Å². The van der Waals surface area contributed by atoms with Crippen molar-refractivity contribution in [1.82, 2.24) is 9.80 Å². The normalized spacial score (nSPS) is 10.7. The van der Waals surface area contributed by atoms with E-state index in [0.717, 1.165) is 37.5 Å². The van der Waals surface area contributed by atoms with Crippen LogP contribution in [-0.4, -0.2) is 55.5 Å². The number of hydrogen-bond donors (Lipinski definition) is 1. The maximum atomic E-state index is 11.9. The SMILES string of the molecule is CCN(CC)C(=O)CN(C)CCCOc1ccc(N)cc1. The van der Waals surface area contributed by atoms with E-state index in [1.54, 1.807) is 0 Å². The minimum Gasteiger partial charge on any atom is -0.494 e. The van der Waals surface area contributed by atoms with Crippen molar-refractivity contribution in [1.29, 1.82) is 0 Å². The van der Waals surface area contributed by atoms with Crippen molar-refractivity contribution in [2.45, 2.75) is 20.3 Å². The molecule has 0 aliphatic heterocycles. The predicted molar refractivity (Wildman–Crippen MR) is 86.4 cm³/mol. The fourth-order valence-corrected chi connectivity index (χ4v) is 2.07. The lowest BCUT2D eigenvalue weighted by molar-refractivity contribution is -0.131. The molecular formula is C16H27N3O2. The molecule has 0 spiro atoms. The van der Waals surface area contributed by atoms with Crippen LogP contribution in [-0.2, 0) is 4.79 Å². The summed E-state index contributed by atoms with van der Waals surface area (Å²) in [6.45, 7) is 7.47. The summed E-state index contributed by atoms with van der Waals surface area (Å²) in [6.07, 6.45) is 0.881. The molecule has 1 rings (SSSR count). The molecule has 0 heterocycles. The lowest BCUT2D eigenvalue weighted by Gasteiger charge is -2.23. The topological polar surface area (TPSA) is 58.8 Å². The molecule has 2 N–H and O–H groups in total. The molecule has 118 valence electrons. The molecule has 0 unspecified atom stereocenters. The number of nitrogen functional groups attached to an aromatic ring is 1. The van der Waals surface area contributed by atoms with E-state index in [4.69, 9.17) is 10.5 Å². The first-order valence-electron chi connectivity index (χ1n) is 7.51. The van der Waals surface area contributed by atoms with Crippen LogP contribution in [0.3, 0.4) is 0 Å². The van der Waals surface area contributed by atoms with E-state index in [1.807, 2.05) is 55.0 Å². The van der Waals surface area contributed by atoms with Gasteiger partial charge in [-0.25, -0.2) is 0 Å². The second-order valence-corrected chi connectivity index (χ2v) is 5.07. The third-order valence-corrected chi connectivity index (χ3v) is 3.35. The molecule has 21 heavy (non-hydrogen) atoms. The van der Waals surface area contributed by atoms with Gasteiger partial charge in [-0.1, -0.05) is 0 Å². The van der Waals surface area contributed by atoms with Crippen molar-refractivity contribution in [3.05, 3.63) is 24.3 Å². The minimum atomic E-state index is 0.182. The third kappa shape index (κ3) is 6.49. The van der Waals surface area contributed by atoms with Gasteiger partial charge < -0.3 is 15.4 Å². The Hall–Kier alpha value is -1.75. The van der Waals surface area contributed by atoms with Gasteiger partial charge in [0, 0.05) is 25.3 Å². The lowest BCUT2D eigenvalue weighted by Crippen LogP contribution is -2.39. The molecule has 1 aromatic rings. The number of benzene rings is 1. The number of anilines is 1. The number of carbonyl (C=O) groups excluding carboxylic acids is 1. The van der Waals surface area contributed by atoms with Crippen LogP contribution < -0.4 is 10.5 Å². The van der Waals surface area contributed by atoms with E-state index in [1.165, 1.54) is 0 Å². The van der Waals surface area contributed by atoms with Crippen LogP contribution in [0, 0.1) is 0 Å². The van der Waals surface area contributed by atoms with Crippen LogP contribution in [0.15, 0.2) is 24.3 Å². The van der Waals surface area contributed by atoms with E-state index >= 15 is 0 Å². The minimum absolute atomic E-state index is 0.182. The van der Waals surface area contributed by atoms with Crippen molar-refractivity contribution in [3.63, 3.8) is 0 Å². The molecule has 1 aromatic carbocycles. The quantitative estimate of drug-likeness (QED) is 0.557. The van der Waals surface area contributed by atoms with Crippen molar-refractivity contribution in [3.8, 4) is 5.75 Å². The van der Waals surface area contributed by atoms with Crippen molar-refractivity contribution in [2.24, 2.45) is 0 Å². The van der Waals surface area contributed by atoms with Crippen molar-refractivity contribution < 1.29 is 9.53 Å². The summed E-state index contributed by atoms with van der Waals surface area (Å²) < 4.78 is 5.63. The van der Waals surface area contributed by atoms with Crippen LogP contribution in [0.4, 0.5) is 5.69 Å². The maximum absolute atomic E-state index is 11.9. The van der Waals surface area contributed by atoms with Gasteiger partial charge in [-0.3, -0.25) is 9.69 Å². The Bertz CT molecular complexity index is 416. The summed E-state index contributed by atoms with van der Waals surface area (Å²) in [6, 6.07) is 7.38. The predicted octanol–water partition coefficient (Wildman–Crippen LogP) is 1.84. The Labute approximate surface area is 127 Å². The van der Waals surface area contributed by atoms with Crippen molar-refractivity contribution >= 4 is 11.6 Å². The molecule has 0 atom stereocenters. The standard InChI is InChI=1S/C16H27N3O2/c1-4-19(5-2)16(20)13-18(3)11-6-12-21-15-9-7-14(17)8-10-15/h7-10H,4-6,11-13,17H2,1-3H3. The van der Waals surface area contributed by atoms with E-state index in [0.29, 0.717) is 13.2 Å². The summed E-state index contributed by atoms with van der Waals surface area (Å²) in [4.78, 5) is 15.8.